The first-order chi connectivity index (χ1) is 8.75. The van der Waals surface area contributed by atoms with E-state index in [0.29, 0.717) is 6.04 Å². The zero-order valence-corrected chi connectivity index (χ0v) is 12.3. The van der Waals surface area contributed by atoms with E-state index >= 15 is 0 Å². The van der Waals surface area contributed by atoms with Crippen molar-refractivity contribution in [2.45, 2.75) is 58.0 Å². The first-order valence-corrected chi connectivity index (χ1v) is 7.95. The molecule has 0 aromatic rings. The molecule has 18 heavy (non-hydrogen) atoms. The molecule has 0 aliphatic carbocycles. The van der Waals surface area contributed by atoms with Crippen LogP contribution in [0.25, 0.3) is 0 Å². The molecule has 0 radical (unpaired) electrons. The highest BCUT2D eigenvalue weighted by Crippen LogP contribution is 2.11. The number of piperidine rings is 1. The van der Waals surface area contributed by atoms with Crippen molar-refractivity contribution in [2.75, 3.05) is 39.3 Å². The van der Waals surface area contributed by atoms with Crippen molar-refractivity contribution in [1.82, 2.24) is 15.1 Å². The molecule has 0 aromatic heterocycles. The fourth-order valence-electron chi connectivity index (χ4n) is 3.21. The van der Waals surface area contributed by atoms with Crippen LogP contribution in [0.3, 0.4) is 0 Å². The number of likely N-dealkylation sites (tertiary alicyclic amines) is 1. The molecule has 0 aromatic carbocycles. The van der Waals surface area contributed by atoms with Gasteiger partial charge in [0.1, 0.15) is 0 Å². The van der Waals surface area contributed by atoms with Crippen LogP contribution < -0.4 is 5.32 Å². The van der Waals surface area contributed by atoms with E-state index in [-0.39, 0.29) is 0 Å². The molecule has 0 spiro atoms. The minimum Gasteiger partial charge on any atom is -0.313 e. The Hall–Kier alpha value is -0.120. The molecule has 1 N–H and O–H groups in total. The molecule has 3 nitrogen and oxygen atoms in total. The minimum atomic E-state index is 0.678. The van der Waals surface area contributed by atoms with Gasteiger partial charge in [-0.15, -0.1) is 0 Å². The number of rotatable bonds is 6. The van der Waals surface area contributed by atoms with Gasteiger partial charge in [0.2, 0.25) is 0 Å². The van der Waals surface area contributed by atoms with Crippen LogP contribution in [0.2, 0.25) is 0 Å². The van der Waals surface area contributed by atoms with Gasteiger partial charge in [0, 0.05) is 31.7 Å². The highest BCUT2D eigenvalue weighted by atomic mass is 15.2. The van der Waals surface area contributed by atoms with Gasteiger partial charge in [0.15, 0.2) is 0 Å². The van der Waals surface area contributed by atoms with Crippen molar-refractivity contribution in [1.29, 1.82) is 0 Å². The lowest BCUT2D eigenvalue weighted by atomic mass is 10.1. The largest absolute Gasteiger partial charge is 0.313 e. The molecule has 2 saturated heterocycles. The second-order valence-corrected chi connectivity index (χ2v) is 6.28. The number of hydrogen-bond acceptors (Lipinski definition) is 3. The monoisotopic (exact) mass is 253 g/mol. The molecular formula is C15H31N3. The smallest absolute Gasteiger partial charge is 0.0195 e. The van der Waals surface area contributed by atoms with Gasteiger partial charge in [0.25, 0.3) is 0 Å². The summed E-state index contributed by atoms with van der Waals surface area (Å²) in [6.07, 6.45) is 6.99. The highest BCUT2D eigenvalue weighted by Gasteiger charge is 2.20. The molecule has 0 bridgehead atoms. The van der Waals surface area contributed by atoms with Crippen molar-refractivity contribution in [2.24, 2.45) is 0 Å². The van der Waals surface area contributed by atoms with E-state index in [9.17, 15) is 0 Å². The summed E-state index contributed by atoms with van der Waals surface area (Å²) >= 11 is 0. The van der Waals surface area contributed by atoms with Gasteiger partial charge in [-0.2, -0.15) is 0 Å². The van der Waals surface area contributed by atoms with Crippen LogP contribution in [0.1, 0.15) is 46.0 Å². The van der Waals surface area contributed by atoms with E-state index < -0.39 is 0 Å². The van der Waals surface area contributed by atoms with Crippen LogP contribution in [-0.4, -0.2) is 61.2 Å². The fourth-order valence-corrected chi connectivity index (χ4v) is 3.21. The lowest BCUT2D eigenvalue weighted by Gasteiger charge is -2.33. The molecule has 1 unspecified atom stereocenters. The molecule has 0 saturated carbocycles. The van der Waals surface area contributed by atoms with Gasteiger partial charge >= 0.3 is 0 Å². The van der Waals surface area contributed by atoms with Gasteiger partial charge in [-0.1, -0.05) is 6.42 Å². The zero-order valence-electron chi connectivity index (χ0n) is 12.3. The Morgan fingerprint density at radius 2 is 1.94 bits per heavy atom. The Morgan fingerprint density at radius 1 is 1.17 bits per heavy atom. The maximum absolute atomic E-state index is 3.62. The third kappa shape index (κ3) is 4.52. The van der Waals surface area contributed by atoms with Crippen molar-refractivity contribution in [3.63, 3.8) is 0 Å². The Balaban J connectivity index is 1.71. The van der Waals surface area contributed by atoms with E-state index in [1.54, 1.807) is 0 Å². The first kappa shape index (κ1) is 14.3. The Bertz CT molecular complexity index is 218. The average molecular weight is 253 g/mol. The molecule has 2 heterocycles. The molecule has 0 amide bonds. The molecule has 2 aliphatic rings. The average Bonchev–Trinajstić information content (AvgIpc) is 2.88. The highest BCUT2D eigenvalue weighted by molar-refractivity contribution is 4.80. The van der Waals surface area contributed by atoms with Gasteiger partial charge in [-0.05, 0) is 59.2 Å². The van der Waals surface area contributed by atoms with Crippen LogP contribution in [0.15, 0.2) is 0 Å². The lowest BCUT2D eigenvalue weighted by Crippen LogP contribution is -2.45. The van der Waals surface area contributed by atoms with Crippen LogP contribution in [0.5, 0.6) is 0 Å². The van der Waals surface area contributed by atoms with Crippen LogP contribution in [0.4, 0.5) is 0 Å². The number of nitrogens with zero attached hydrogens (tertiary/aromatic N) is 2. The standard InChI is InChI=1S/C15H31N3/c1-14(2)18(13-15-7-6-8-16-15)12-11-17-9-4-3-5-10-17/h14-16H,3-13H2,1-2H3. The lowest BCUT2D eigenvalue weighted by molar-refractivity contribution is 0.151. The summed E-state index contributed by atoms with van der Waals surface area (Å²) < 4.78 is 0. The second kappa shape index (κ2) is 7.46. The van der Waals surface area contributed by atoms with Crippen molar-refractivity contribution in [3.05, 3.63) is 0 Å². The third-order valence-electron chi connectivity index (χ3n) is 4.50. The molecule has 2 rings (SSSR count). The molecule has 106 valence electrons. The Labute approximate surface area is 113 Å². The maximum Gasteiger partial charge on any atom is 0.0195 e. The molecule has 1 atom stereocenters. The number of hydrogen-bond donors (Lipinski definition) is 1. The fraction of sp³-hybridized carbons (Fsp3) is 1.00. The maximum atomic E-state index is 3.62. The van der Waals surface area contributed by atoms with Gasteiger partial charge in [-0.3, -0.25) is 4.90 Å². The summed E-state index contributed by atoms with van der Waals surface area (Å²) in [4.78, 5) is 5.32. The van der Waals surface area contributed by atoms with Crippen LogP contribution in [0, 0.1) is 0 Å². The minimum absolute atomic E-state index is 0.678. The summed E-state index contributed by atoms with van der Waals surface area (Å²) in [6, 6.07) is 1.42. The van der Waals surface area contributed by atoms with Crippen LogP contribution >= 0.6 is 0 Å². The van der Waals surface area contributed by atoms with E-state index in [1.165, 1.54) is 71.4 Å². The summed E-state index contributed by atoms with van der Waals surface area (Å²) in [5, 5.41) is 3.62. The summed E-state index contributed by atoms with van der Waals surface area (Å²) in [6.45, 7) is 12.3. The van der Waals surface area contributed by atoms with Crippen molar-refractivity contribution >= 4 is 0 Å². The van der Waals surface area contributed by atoms with E-state index in [0.717, 1.165) is 6.04 Å². The van der Waals surface area contributed by atoms with E-state index in [1.807, 2.05) is 0 Å². The normalized spacial score (nSPS) is 26.3. The Kier molecular flexibility index (Phi) is 5.93. The predicted octanol–water partition coefficient (Wildman–Crippen LogP) is 1.93. The third-order valence-corrected chi connectivity index (χ3v) is 4.50. The van der Waals surface area contributed by atoms with E-state index in [4.69, 9.17) is 0 Å². The van der Waals surface area contributed by atoms with Gasteiger partial charge < -0.3 is 10.2 Å². The Morgan fingerprint density at radius 3 is 2.56 bits per heavy atom. The van der Waals surface area contributed by atoms with E-state index in [2.05, 4.69) is 29.0 Å². The van der Waals surface area contributed by atoms with Gasteiger partial charge in [0.05, 0.1) is 0 Å². The summed E-state index contributed by atoms with van der Waals surface area (Å²) in [7, 11) is 0. The predicted molar refractivity (Wildman–Crippen MR) is 78.0 cm³/mol. The number of nitrogens with one attached hydrogen (secondary N) is 1. The summed E-state index contributed by atoms with van der Waals surface area (Å²) in [5.41, 5.74) is 0. The quantitative estimate of drug-likeness (QED) is 0.780. The SMILES string of the molecule is CC(C)N(CCN1CCCCC1)CC1CCCN1. The van der Waals surface area contributed by atoms with Gasteiger partial charge in [-0.25, -0.2) is 0 Å². The molecular weight excluding hydrogens is 222 g/mol. The zero-order chi connectivity index (χ0) is 12.8. The first-order valence-electron chi connectivity index (χ1n) is 7.95. The summed E-state index contributed by atoms with van der Waals surface area (Å²) in [5.74, 6) is 0. The van der Waals surface area contributed by atoms with Crippen LogP contribution in [-0.2, 0) is 0 Å². The molecule has 3 heteroatoms. The topological polar surface area (TPSA) is 18.5 Å². The van der Waals surface area contributed by atoms with Crippen molar-refractivity contribution < 1.29 is 0 Å². The molecule has 2 fully saturated rings. The van der Waals surface area contributed by atoms with Crippen molar-refractivity contribution in [3.8, 4) is 0 Å². The molecule has 2 aliphatic heterocycles. The second-order valence-electron chi connectivity index (χ2n) is 6.28.